The van der Waals surface area contributed by atoms with Crippen LogP contribution in [0.3, 0.4) is 0 Å². The number of phosphoric acid groups is 1. The van der Waals surface area contributed by atoms with Crippen molar-refractivity contribution in [3.63, 3.8) is 0 Å². The first-order chi connectivity index (χ1) is 10.4. The van der Waals surface area contributed by atoms with Gasteiger partial charge in [-0.2, -0.15) is 26.3 Å². The van der Waals surface area contributed by atoms with Crippen molar-refractivity contribution in [2.24, 2.45) is 0 Å². The quantitative estimate of drug-likeness (QED) is 0.263. The largest absolute Gasteiger partial charge is 0.508 e. The van der Waals surface area contributed by atoms with Crippen LogP contribution in [0, 0.1) is 0 Å². The lowest BCUT2D eigenvalue weighted by Gasteiger charge is -2.19. The Morgan fingerprint density at radius 1 is 0.870 bits per heavy atom. The highest BCUT2D eigenvalue weighted by Crippen LogP contribution is 2.51. The first-order valence-corrected chi connectivity index (χ1v) is 7.29. The molecule has 0 aromatic rings. The molecule has 0 aliphatic heterocycles. The van der Waals surface area contributed by atoms with Crippen LogP contribution >= 0.6 is 7.82 Å². The van der Waals surface area contributed by atoms with Gasteiger partial charge in [0.2, 0.25) is 0 Å². The number of carbonyl (C=O) groups is 1. The normalized spacial score (nSPS) is 13.0. The molecule has 0 bridgehead atoms. The van der Waals surface area contributed by atoms with E-state index in [0.29, 0.717) is 0 Å². The zero-order chi connectivity index (χ0) is 18.1. The lowest BCUT2D eigenvalue weighted by Crippen LogP contribution is -2.21. The minimum absolute atomic E-state index is 0.0262. The van der Waals surface area contributed by atoms with E-state index in [1.807, 2.05) is 0 Å². The van der Waals surface area contributed by atoms with Gasteiger partial charge in [-0.05, 0) is 6.92 Å². The van der Waals surface area contributed by atoms with Crippen LogP contribution in [0.5, 0.6) is 0 Å². The van der Waals surface area contributed by atoms with Crippen LogP contribution in [0.15, 0.2) is 0 Å². The minimum atomic E-state index is -5.16. The van der Waals surface area contributed by atoms with Gasteiger partial charge in [0.25, 0.3) is 0 Å². The van der Waals surface area contributed by atoms with E-state index >= 15 is 0 Å². The lowest BCUT2D eigenvalue weighted by atomic mass is 10.7. The van der Waals surface area contributed by atoms with Crippen molar-refractivity contribution >= 4 is 14.0 Å². The number of hydrogen-bond acceptors (Lipinski definition) is 7. The summed E-state index contributed by atoms with van der Waals surface area (Å²) < 4.78 is 104. The van der Waals surface area contributed by atoms with Crippen molar-refractivity contribution in [1.29, 1.82) is 0 Å². The highest BCUT2D eigenvalue weighted by molar-refractivity contribution is 7.48. The van der Waals surface area contributed by atoms with E-state index in [-0.39, 0.29) is 6.61 Å². The van der Waals surface area contributed by atoms with Crippen molar-refractivity contribution < 1.29 is 58.7 Å². The Balaban J connectivity index is 4.47. The Labute approximate surface area is 126 Å². The SMILES string of the molecule is CCOC(=O)OCCOP(=O)(OCC(F)(F)F)OCC(F)(F)F. The maximum Gasteiger partial charge on any atom is 0.508 e. The topological polar surface area (TPSA) is 80.3 Å². The fourth-order valence-electron chi connectivity index (χ4n) is 0.850. The molecule has 0 spiro atoms. The molecule has 23 heavy (non-hydrogen) atoms. The summed E-state index contributed by atoms with van der Waals surface area (Å²) in [7, 11) is -5.16. The van der Waals surface area contributed by atoms with Crippen LogP contribution in [-0.2, 0) is 27.6 Å². The summed E-state index contributed by atoms with van der Waals surface area (Å²) in [6.45, 7) is -4.37. The molecule has 0 N–H and O–H groups in total. The van der Waals surface area contributed by atoms with Crippen molar-refractivity contribution in [2.45, 2.75) is 19.3 Å². The summed E-state index contributed by atoms with van der Waals surface area (Å²) in [4.78, 5) is 10.8. The second-order valence-corrected chi connectivity index (χ2v) is 5.26. The molecule has 14 heteroatoms. The maximum atomic E-state index is 12.0. The fourth-order valence-corrected chi connectivity index (χ4v) is 1.98. The average Bonchev–Trinajstić information content (AvgIpc) is 2.38. The van der Waals surface area contributed by atoms with Gasteiger partial charge in [-0.1, -0.05) is 0 Å². The van der Waals surface area contributed by atoms with Gasteiger partial charge in [0.15, 0.2) is 13.2 Å². The molecule has 138 valence electrons. The molecule has 0 aliphatic carbocycles. The van der Waals surface area contributed by atoms with Crippen LogP contribution in [-0.4, -0.2) is 51.5 Å². The third-order valence-electron chi connectivity index (χ3n) is 1.59. The molecule has 0 fully saturated rings. The van der Waals surface area contributed by atoms with Crippen molar-refractivity contribution in [3.8, 4) is 0 Å². The molecule has 0 aromatic carbocycles. The summed E-state index contributed by atoms with van der Waals surface area (Å²) in [6, 6.07) is 0. The highest BCUT2D eigenvalue weighted by Gasteiger charge is 2.39. The Hall–Kier alpha value is -1.04. The summed E-state index contributed by atoms with van der Waals surface area (Å²) in [6.07, 6.45) is -11.1. The van der Waals surface area contributed by atoms with Gasteiger partial charge in [-0.25, -0.2) is 9.36 Å². The molecule has 0 heterocycles. The number of rotatable bonds is 9. The van der Waals surface area contributed by atoms with Gasteiger partial charge in [0, 0.05) is 0 Å². The standard InChI is InChI=1S/C9H13F6O7P/c1-2-18-7(16)19-3-4-20-23(17,21-5-8(10,11)12)22-6-9(13,14)15/h2-6H2,1H3. The third kappa shape index (κ3) is 13.1. The molecule has 0 saturated heterocycles. The zero-order valence-electron chi connectivity index (χ0n) is 11.6. The Bertz CT molecular complexity index is 388. The van der Waals surface area contributed by atoms with Gasteiger partial charge in [-0.3, -0.25) is 13.6 Å². The predicted octanol–water partition coefficient (Wildman–Crippen LogP) is 3.44. The first-order valence-electron chi connectivity index (χ1n) is 5.83. The summed E-state index contributed by atoms with van der Waals surface area (Å²) >= 11 is 0. The maximum absolute atomic E-state index is 12.0. The van der Waals surface area contributed by atoms with E-state index in [1.165, 1.54) is 6.92 Å². The van der Waals surface area contributed by atoms with E-state index in [0.717, 1.165) is 0 Å². The molecule has 0 atom stereocenters. The average molecular weight is 378 g/mol. The van der Waals surface area contributed by atoms with Gasteiger partial charge < -0.3 is 9.47 Å². The zero-order valence-corrected chi connectivity index (χ0v) is 12.5. The molecule has 0 aliphatic rings. The van der Waals surface area contributed by atoms with Crippen LogP contribution in [0.4, 0.5) is 31.1 Å². The second-order valence-electron chi connectivity index (χ2n) is 3.59. The van der Waals surface area contributed by atoms with Crippen molar-refractivity contribution in [2.75, 3.05) is 33.0 Å². The molecule has 0 saturated carbocycles. The minimum Gasteiger partial charge on any atom is -0.435 e. The fraction of sp³-hybridized carbons (Fsp3) is 0.889. The molecule has 0 amide bonds. The van der Waals surface area contributed by atoms with E-state index in [9.17, 15) is 35.7 Å². The lowest BCUT2D eigenvalue weighted by molar-refractivity contribution is -0.170. The molecular formula is C9H13F6O7P. The molecule has 7 nitrogen and oxygen atoms in total. The first kappa shape index (κ1) is 22.0. The van der Waals surface area contributed by atoms with Gasteiger partial charge in [0.05, 0.1) is 13.2 Å². The third-order valence-corrected chi connectivity index (χ3v) is 2.98. The number of hydrogen-bond donors (Lipinski definition) is 0. The van der Waals surface area contributed by atoms with E-state index in [2.05, 4.69) is 23.0 Å². The Morgan fingerprint density at radius 2 is 1.35 bits per heavy atom. The van der Waals surface area contributed by atoms with Gasteiger partial charge in [-0.15, -0.1) is 0 Å². The molecule has 0 unspecified atom stereocenters. The van der Waals surface area contributed by atoms with Crippen LogP contribution in [0.1, 0.15) is 6.92 Å². The molecule has 0 rings (SSSR count). The summed E-state index contributed by atoms with van der Waals surface area (Å²) in [5.74, 6) is 0. The van der Waals surface area contributed by atoms with Crippen molar-refractivity contribution in [1.82, 2.24) is 0 Å². The Morgan fingerprint density at radius 3 is 1.74 bits per heavy atom. The van der Waals surface area contributed by atoms with E-state index in [4.69, 9.17) is 0 Å². The number of ether oxygens (including phenoxy) is 2. The number of alkyl halides is 6. The summed E-state index contributed by atoms with van der Waals surface area (Å²) in [5, 5.41) is 0. The van der Waals surface area contributed by atoms with E-state index in [1.54, 1.807) is 0 Å². The van der Waals surface area contributed by atoms with E-state index < -0.39 is 52.8 Å². The number of phosphoric ester groups is 1. The van der Waals surface area contributed by atoms with Gasteiger partial charge in [0.1, 0.15) is 6.61 Å². The van der Waals surface area contributed by atoms with Crippen molar-refractivity contribution in [3.05, 3.63) is 0 Å². The van der Waals surface area contributed by atoms with Gasteiger partial charge >= 0.3 is 26.3 Å². The monoisotopic (exact) mass is 378 g/mol. The molecule has 0 radical (unpaired) electrons. The second kappa shape index (κ2) is 9.30. The number of carbonyl (C=O) groups excluding carboxylic acids is 1. The highest BCUT2D eigenvalue weighted by atomic mass is 31.2. The summed E-state index contributed by atoms with van der Waals surface area (Å²) in [5.41, 5.74) is 0. The predicted molar refractivity (Wildman–Crippen MR) is 60.5 cm³/mol. The molecule has 0 aromatic heterocycles. The Kier molecular flexibility index (Phi) is 8.88. The van der Waals surface area contributed by atoms with Crippen LogP contribution in [0.25, 0.3) is 0 Å². The van der Waals surface area contributed by atoms with Crippen LogP contribution in [0.2, 0.25) is 0 Å². The smallest absolute Gasteiger partial charge is 0.435 e. The molecular weight excluding hydrogens is 365 g/mol. The number of halogens is 6. The van der Waals surface area contributed by atoms with Crippen LogP contribution < -0.4 is 0 Å².